The molecule has 0 aliphatic carbocycles. The van der Waals surface area contributed by atoms with E-state index in [-0.39, 0.29) is 5.57 Å². The number of hydrogen-bond donors (Lipinski definition) is 1. The highest BCUT2D eigenvalue weighted by Gasteiger charge is 2.14. The van der Waals surface area contributed by atoms with Gasteiger partial charge in [-0.05, 0) is 42.3 Å². The van der Waals surface area contributed by atoms with E-state index < -0.39 is 5.91 Å². The lowest BCUT2D eigenvalue weighted by Crippen LogP contribution is -2.13. The molecule has 0 saturated heterocycles. The van der Waals surface area contributed by atoms with Gasteiger partial charge in [0, 0.05) is 11.8 Å². The predicted octanol–water partition coefficient (Wildman–Crippen LogP) is 4.69. The molecule has 7 heteroatoms. The van der Waals surface area contributed by atoms with Gasteiger partial charge in [0.2, 0.25) is 0 Å². The van der Waals surface area contributed by atoms with E-state index in [1.165, 1.54) is 20.3 Å². The van der Waals surface area contributed by atoms with Crippen molar-refractivity contribution < 1.29 is 19.0 Å². The molecule has 2 aromatic rings. The van der Waals surface area contributed by atoms with Crippen molar-refractivity contribution in [1.82, 2.24) is 0 Å². The SMILES string of the molecule is CCCOc1c(Cl)cc(/C=C(\C#N)C(=O)Nc2cccc(OC)c2)cc1OC. The minimum Gasteiger partial charge on any atom is -0.497 e. The molecule has 0 aromatic heterocycles. The first kappa shape index (κ1) is 21.1. The minimum absolute atomic E-state index is 0.0804. The number of amides is 1. The Labute approximate surface area is 169 Å². The average molecular weight is 401 g/mol. The van der Waals surface area contributed by atoms with Gasteiger partial charge in [0.1, 0.15) is 17.4 Å². The van der Waals surface area contributed by atoms with E-state index in [2.05, 4.69) is 5.32 Å². The van der Waals surface area contributed by atoms with Crippen molar-refractivity contribution in [3.05, 3.63) is 52.6 Å². The number of halogens is 1. The zero-order chi connectivity index (χ0) is 20.5. The molecule has 0 aliphatic heterocycles. The fourth-order valence-electron chi connectivity index (χ4n) is 2.38. The first-order valence-electron chi connectivity index (χ1n) is 8.59. The number of anilines is 1. The monoisotopic (exact) mass is 400 g/mol. The van der Waals surface area contributed by atoms with Crippen LogP contribution in [0.15, 0.2) is 42.0 Å². The number of carbonyl (C=O) groups excluding carboxylic acids is 1. The zero-order valence-corrected chi connectivity index (χ0v) is 16.7. The van der Waals surface area contributed by atoms with Crippen molar-refractivity contribution in [3.8, 4) is 23.3 Å². The van der Waals surface area contributed by atoms with Crippen molar-refractivity contribution in [2.45, 2.75) is 13.3 Å². The summed E-state index contributed by atoms with van der Waals surface area (Å²) in [4.78, 5) is 12.5. The van der Waals surface area contributed by atoms with Crippen LogP contribution in [0.2, 0.25) is 5.02 Å². The summed E-state index contributed by atoms with van der Waals surface area (Å²) < 4.78 is 16.1. The summed E-state index contributed by atoms with van der Waals surface area (Å²) in [7, 11) is 3.03. The number of rotatable bonds is 8. The van der Waals surface area contributed by atoms with Gasteiger partial charge in [-0.2, -0.15) is 5.26 Å². The predicted molar refractivity (Wildman–Crippen MR) is 109 cm³/mol. The molecule has 0 spiro atoms. The summed E-state index contributed by atoms with van der Waals surface area (Å²) in [5.41, 5.74) is 0.982. The third kappa shape index (κ3) is 5.41. The molecule has 0 fully saturated rings. The van der Waals surface area contributed by atoms with Gasteiger partial charge in [0.05, 0.1) is 25.8 Å². The van der Waals surface area contributed by atoms with Gasteiger partial charge in [-0.1, -0.05) is 24.6 Å². The third-order valence-corrected chi connectivity index (χ3v) is 3.99. The van der Waals surface area contributed by atoms with Crippen LogP contribution in [0.4, 0.5) is 5.69 Å². The van der Waals surface area contributed by atoms with E-state index in [0.29, 0.717) is 40.1 Å². The van der Waals surface area contributed by atoms with E-state index in [1.54, 1.807) is 36.4 Å². The molecular formula is C21H21ClN2O4. The Morgan fingerprint density at radius 3 is 2.68 bits per heavy atom. The molecule has 0 saturated carbocycles. The summed E-state index contributed by atoms with van der Waals surface area (Å²) in [6.45, 7) is 2.48. The first-order valence-corrected chi connectivity index (χ1v) is 8.97. The summed E-state index contributed by atoms with van der Waals surface area (Å²) >= 11 is 6.29. The van der Waals surface area contributed by atoms with Gasteiger partial charge in [-0.3, -0.25) is 4.79 Å². The van der Waals surface area contributed by atoms with Crippen molar-refractivity contribution in [1.29, 1.82) is 5.26 Å². The second-order valence-corrected chi connectivity index (χ2v) is 6.15. The van der Waals surface area contributed by atoms with Crippen molar-refractivity contribution in [2.24, 2.45) is 0 Å². The van der Waals surface area contributed by atoms with Crippen LogP contribution in [0.1, 0.15) is 18.9 Å². The van der Waals surface area contributed by atoms with E-state index >= 15 is 0 Å². The van der Waals surface area contributed by atoms with Crippen LogP contribution in [-0.4, -0.2) is 26.7 Å². The van der Waals surface area contributed by atoms with Gasteiger partial charge in [0.25, 0.3) is 5.91 Å². The maximum atomic E-state index is 12.5. The van der Waals surface area contributed by atoms with Crippen molar-refractivity contribution >= 4 is 29.3 Å². The van der Waals surface area contributed by atoms with Crippen molar-refractivity contribution in [2.75, 3.05) is 26.1 Å². The number of benzene rings is 2. The lowest BCUT2D eigenvalue weighted by atomic mass is 10.1. The highest BCUT2D eigenvalue weighted by atomic mass is 35.5. The summed E-state index contributed by atoms with van der Waals surface area (Å²) in [5, 5.41) is 12.4. The molecular weight excluding hydrogens is 380 g/mol. The molecule has 6 nitrogen and oxygen atoms in total. The lowest BCUT2D eigenvalue weighted by molar-refractivity contribution is -0.112. The topological polar surface area (TPSA) is 80.6 Å². The number of nitrogens with one attached hydrogen (secondary N) is 1. The Morgan fingerprint density at radius 2 is 2.04 bits per heavy atom. The van der Waals surface area contributed by atoms with E-state index in [0.717, 1.165) is 6.42 Å². The standard InChI is InChI=1S/C21H21ClN2O4/c1-4-8-28-20-18(22)10-14(11-19(20)27-3)9-15(13-23)21(25)24-16-6-5-7-17(12-16)26-2/h5-7,9-12H,4,8H2,1-3H3,(H,24,25)/b15-9+. The van der Waals surface area contributed by atoms with Gasteiger partial charge >= 0.3 is 0 Å². The molecule has 1 amide bonds. The Kier molecular flexibility index (Phi) is 7.73. The molecule has 1 N–H and O–H groups in total. The van der Waals surface area contributed by atoms with E-state index in [4.69, 9.17) is 25.8 Å². The van der Waals surface area contributed by atoms with E-state index in [9.17, 15) is 10.1 Å². The molecule has 0 aliphatic rings. The number of nitriles is 1. The number of hydrogen-bond acceptors (Lipinski definition) is 5. The van der Waals surface area contributed by atoms with E-state index in [1.807, 2.05) is 13.0 Å². The molecule has 146 valence electrons. The van der Waals surface area contributed by atoms with Gasteiger partial charge in [0.15, 0.2) is 11.5 Å². The Balaban J connectivity index is 2.29. The maximum Gasteiger partial charge on any atom is 0.266 e. The van der Waals surface area contributed by atoms with Crippen LogP contribution in [-0.2, 0) is 4.79 Å². The fourth-order valence-corrected chi connectivity index (χ4v) is 2.66. The zero-order valence-electron chi connectivity index (χ0n) is 15.9. The quantitative estimate of drug-likeness (QED) is 0.513. The van der Waals surface area contributed by atoms with Crippen molar-refractivity contribution in [3.63, 3.8) is 0 Å². The van der Waals surface area contributed by atoms with Gasteiger partial charge in [-0.15, -0.1) is 0 Å². The molecule has 2 aromatic carbocycles. The van der Waals surface area contributed by atoms with Crippen LogP contribution >= 0.6 is 11.6 Å². The normalized spacial score (nSPS) is 10.8. The molecule has 0 bridgehead atoms. The summed E-state index contributed by atoms with van der Waals surface area (Å²) in [6, 6.07) is 12.0. The molecule has 0 atom stereocenters. The summed E-state index contributed by atoms with van der Waals surface area (Å²) in [6.07, 6.45) is 2.26. The average Bonchev–Trinajstić information content (AvgIpc) is 2.70. The highest BCUT2D eigenvalue weighted by Crippen LogP contribution is 2.37. The molecule has 0 heterocycles. The minimum atomic E-state index is -0.544. The Morgan fingerprint density at radius 1 is 1.25 bits per heavy atom. The lowest BCUT2D eigenvalue weighted by Gasteiger charge is -2.13. The second-order valence-electron chi connectivity index (χ2n) is 5.74. The Bertz CT molecular complexity index is 919. The van der Waals surface area contributed by atoms with Gasteiger partial charge < -0.3 is 19.5 Å². The molecule has 2 rings (SSSR count). The maximum absolute atomic E-state index is 12.5. The highest BCUT2D eigenvalue weighted by molar-refractivity contribution is 6.32. The smallest absolute Gasteiger partial charge is 0.266 e. The van der Waals surface area contributed by atoms with Crippen LogP contribution < -0.4 is 19.5 Å². The molecule has 28 heavy (non-hydrogen) atoms. The first-order chi connectivity index (χ1) is 13.5. The molecule has 0 unspecified atom stereocenters. The number of carbonyl (C=O) groups is 1. The number of ether oxygens (including phenoxy) is 3. The summed E-state index contributed by atoms with van der Waals surface area (Å²) in [5.74, 6) is 0.914. The van der Waals surface area contributed by atoms with Gasteiger partial charge in [-0.25, -0.2) is 0 Å². The largest absolute Gasteiger partial charge is 0.497 e. The second kappa shape index (κ2) is 10.2. The fraction of sp³-hybridized carbons (Fsp3) is 0.238. The van der Waals surface area contributed by atoms with Crippen LogP contribution in [0.5, 0.6) is 17.2 Å². The van der Waals surface area contributed by atoms with Crippen LogP contribution in [0.25, 0.3) is 6.08 Å². The third-order valence-electron chi connectivity index (χ3n) is 3.71. The van der Waals surface area contributed by atoms with Crippen LogP contribution in [0.3, 0.4) is 0 Å². The number of methoxy groups -OCH3 is 2. The Hall–Kier alpha value is -3.17. The van der Waals surface area contributed by atoms with Crippen LogP contribution in [0, 0.1) is 11.3 Å². The molecule has 0 radical (unpaired) electrons. The number of nitrogens with zero attached hydrogens (tertiary/aromatic N) is 1.